The molecule has 0 atom stereocenters. The molecule has 124 valence electrons. The van der Waals surface area contributed by atoms with Gasteiger partial charge in [0.05, 0.1) is 21.4 Å². The van der Waals surface area contributed by atoms with Crippen molar-refractivity contribution in [3.63, 3.8) is 0 Å². The largest absolute Gasteiger partial charge is 0.494 e. The summed E-state index contributed by atoms with van der Waals surface area (Å²) in [5, 5.41) is 1.08. The summed E-state index contributed by atoms with van der Waals surface area (Å²) in [6.07, 6.45) is 0. The van der Waals surface area contributed by atoms with E-state index in [-0.39, 0.29) is 18.3 Å². The molecule has 23 heavy (non-hydrogen) atoms. The lowest BCUT2D eigenvalue weighted by molar-refractivity contribution is 0.00578. The van der Waals surface area contributed by atoms with Crippen molar-refractivity contribution in [1.82, 2.24) is 4.98 Å². The number of thiazole rings is 1. The molecule has 1 saturated heterocycles. The molecule has 1 aliphatic rings. The van der Waals surface area contributed by atoms with Gasteiger partial charge in [0.1, 0.15) is 0 Å². The highest BCUT2D eigenvalue weighted by Gasteiger charge is 2.51. The normalized spacial score (nSPS) is 19.5. The van der Waals surface area contributed by atoms with Crippen LogP contribution in [0.5, 0.6) is 0 Å². The first-order valence-corrected chi connectivity index (χ1v) is 9.10. The first-order valence-electron chi connectivity index (χ1n) is 8.28. The van der Waals surface area contributed by atoms with Crippen molar-refractivity contribution in [2.75, 3.05) is 18.0 Å². The minimum absolute atomic E-state index is 0.313. The van der Waals surface area contributed by atoms with Gasteiger partial charge in [-0.3, -0.25) is 0 Å². The lowest BCUT2D eigenvalue weighted by Crippen LogP contribution is -2.41. The number of hydrogen-bond donors (Lipinski definition) is 0. The molecular formula is C17H25BN2O2S. The molecule has 0 N–H and O–H groups in total. The first kappa shape index (κ1) is 16.7. The van der Waals surface area contributed by atoms with E-state index in [1.54, 1.807) is 11.3 Å². The fourth-order valence-electron chi connectivity index (χ4n) is 2.68. The molecule has 4 nitrogen and oxygen atoms in total. The standard InChI is InChI=1S/C17H25BN2O2S/c1-7-20(8-2)15-19-13-10-9-12(11-14(13)23-15)18-21-16(3,4)17(5,6)22-18/h9-11H,7-8H2,1-6H3. The molecule has 2 aromatic rings. The molecular weight excluding hydrogens is 307 g/mol. The van der Waals surface area contributed by atoms with Crippen LogP contribution >= 0.6 is 11.3 Å². The minimum atomic E-state index is -0.316. The second-order valence-electron chi connectivity index (χ2n) is 6.98. The van der Waals surface area contributed by atoms with Crippen molar-refractivity contribution in [1.29, 1.82) is 0 Å². The van der Waals surface area contributed by atoms with Crippen molar-refractivity contribution in [2.24, 2.45) is 0 Å². The van der Waals surface area contributed by atoms with Crippen LogP contribution in [0.15, 0.2) is 18.2 Å². The van der Waals surface area contributed by atoms with Gasteiger partial charge in [-0.2, -0.15) is 0 Å². The highest BCUT2D eigenvalue weighted by Crippen LogP contribution is 2.37. The van der Waals surface area contributed by atoms with E-state index in [1.165, 1.54) is 4.70 Å². The third kappa shape index (κ3) is 2.88. The van der Waals surface area contributed by atoms with Crippen molar-refractivity contribution < 1.29 is 9.31 Å². The zero-order chi connectivity index (χ0) is 16.8. The van der Waals surface area contributed by atoms with Gasteiger partial charge >= 0.3 is 7.12 Å². The Morgan fingerprint density at radius 3 is 2.26 bits per heavy atom. The molecule has 0 unspecified atom stereocenters. The van der Waals surface area contributed by atoms with Crippen LogP contribution < -0.4 is 10.4 Å². The predicted octanol–water partition coefficient (Wildman–Crippen LogP) is 3.44. The fourth-order valence-corrected chi connectivity index (χ4v) is 3.83. The second-order valence-corrected chi connectivity index (χ2v) is 7.99. The van der Waals surface area contributed by atoms with Gasteiger partial charge in [-0.25, -0.2) is 4.98 Å². The summed E-state index contributed by atoms with van der Waals surface area (Å²) in [7, 11) is -0.316. The summed E-state index contributed by atoms with van der Waals surface area (Å²) in [6.45, 7) is 14.6. The molecule has 0 radical (unpaired) electrons. The van der Waals surface area contributed by atoms with Crippen LogP contribution in [0, 0.1) is 0 Å². The van der Waals surface area contributed by atoms with Crippen molar-refractivity contribution in [3.05, 3.63) is 18.2 Å². The molecule has 0 spiro atoms. The van der Waals surface area contributed by atoms with Gasteiger partial charge in [0.25, 0.3) is 0 Å². The molecule has 6 heteroatoms. The van der Waals surface area contributed by atoms with Crippen LogP contribution in [0.25, 0.3) is 10.2 Å². The molecule has 3 rings (SSSR count). The molecule has 1 aromatic carbocycles. The van der Waals surface area contributed by atoms with Crippen LogP contribution in [0.1, 0.15) is 41.5 Å². The third-order valence-electron chi connectivity index (χ3n) is 4.96. The third-order valence-corrected chi connectivity index (χ3v) is 6.04. The zero-order valence-electron chi connectivity index (χ0n) is 14.8. The topological polar surface area (TPSA) is 34.6 Å². The van der Waals surface area contributed by atoms with E-state index >= 15 is 0 Å². The van der Waals surface area contributed by atoms with Crippen molar-refractivity contribution in [2.45, 2.75) is 52.7 Å². The quantitative estimate of drug-likeness (QED) is 0.804. The number of rotatable bonds is 4. The number of fused-ring (bicyclic) bond motifs is 1. The summed E-state index contributed by atoms with van der Waals surface area (Å²) in [6, 6.07) is 6.29. The lowest BCUT2D eigenvalue weighted by Gasteiger charge is -2.32. The van der Waals surface area contributed by atoms with Gasteiger partial charge in [-0.1, -0.05) is 17.4 Å². The van der Waals surface area contributed by atoms with E-state index in [0.29, 0.717) is 0 Å². The summed E-state index contributed by atoms with van der Waals surface area (Å²) < 4.78 is 13.5. The maximum atomic E-state index is 6.15. The highest BCUT2D eigenvalue weighted by molar-refractivity contribution is 7.22. The van der Waals surface area contributed by atoms with Crippen LogP contribution in [-0.4, -0.2) is 36.4 Å². The molecule has 0 aliphatic carbocycles. The van der Waals surface area contributed by atoms with E-state index < -0.39 is 0 Å². The zero-order valence-corrected chi connectivity index (χ0v) is 15.7. The Morgan fingerprint density at radius 2 is 1.70 bits per heavy atom. The Balaban J connectivity index is 1.92. The monoisotopic (exact) mass is 332 g/mol. The second kappa shape index (κ2) is 5.76. The fraction of sp³-hybridized carbons (Fsp3) is 0.588. The Labute approximate surface area is 142 Å². The molecule has 0 amide bonds. The van der Waals surface area contributed by atoms with Gasteiger partial charge in [0.15, 0.2) is 5.13 Å². The molecule has 2 heterocycles. The Kier molecular flexibility index (Phi) is 4.19. The van der Waals surface area contributed by atoms with E-state index in [4.69, 9.17) is 14.3 Å². The lowest BCUT2D eigenvalue weighted by atomic mass is 9.79. The maximum absolute atomic E-state index is 6.15. The van der Waals surface area contributed by atoms with Gasteiger partial charge in [0, 0.05) is 13.1 Å². The number of benzene rings is 1. The Bertz CT molecular complexity index is 694. The molecule has 1 aromatic heterocycles. The van der Waals surface area contributed by atoms with Gasteiger partial charge in [-0.15, -0.1) is 0 Å². The van der Waals surface area contributed by atoms with Crippen LogP contribution in [0.2, 0.25) is 0 Å². The SMILES string of the molecule is CCN(CC)c1nc2ccc(B3OC(C)(C)C(C)(C)O3)cc2s1. The molecule has 0 bridgehead atoms. The summed E-state index contributed by atoms with van der Waals surface area (Å²) in [5.41, 5.74) is 1.47. The Hall–Kier alpha value is -1.11. The first-order chi connectivity index (χ1) is 10.8. The summed E-state index contributed by atoms with van der Waals surface area (Å²) >= 11 is 1.73. The van der Waals surface area contributed by atoms with E-state index in [9.17, 15) is 0 Å². The predicted molar refractivity (Wildman–Crippen MR) is 98.9 cm³/mol. The minimum Gasteiger partial charge on any atom is -0.399 e. The average molecular weight is 332 g/mol. The van der Waals surface area contributed by atoms with Gasteiger partial charge < -0.3 is 14.2 Å². The van der Waals surface area contributed by atoms with Crippen molar-refractivity contribution in [3.8, 4) is 0 Å². The highest BCUT2D eigenvalue weighted by atomic mass is 32.1. The summed E-state index contributed by atoms with van der Waals surface area (Å²) in [5.74, 6) is 0. The van der Waals surface area contributed by atoms with Gasteiger partial charge in [-0.05, 0) is 59.1 Å². The van der Waals surface area contributed by atoms with E-state index in [0.717, 1.165) is 29.2 Å². The van der Waals surface area contributed by atoms with E-state index in [1.807, 2.05) is 0 Å². The van der Waals surface area contributed by atoms with Crippen LogP contribution in [0.3, 0.4) is 0 Å². The van der Waals surface area contributed by atoms with Crippen LogP contribution in [-0.2, 0) is 9.31 Å². The Morgan fingerprint density at radius 1 is 1.09 bits per heavy atom. The number of aromatic nitrogens is 1. The molecule has 0 saturated carbocycles. The molecule has 1 aliphatic heterocycles. The maximum Gasteiger partial charge on any atom is 0.494 e. The average Bonchev–Trinajstić information content (AvgIpc) is 2.98. The van der Waals surface area contributed by atoms with Crippen LogP contribution in [0.4, 0.5) is 5.13 Å². The smallest absolute Gasteiger partial charge is 0.399 e. The van der Waals surface area contributed by atoms with Gasteiger partial charge in [0.2, 0.25) is 0 Å². The van der Waals surface area contributed by atoms with Crippen molar-refractivity contribution >= 4 is 39.3 Å². The number of nitrogens with zero attached hydrogens (tertiary/aromatic N) is 2. The summed E-state index contributed by atoms with van der Waals surface area (Å²) in [4.78, 5) is 7.02. The number of hydrogen-bond acceptors (Lipinski definition) is 5. The molecule has 1 fully saturated rings. The van der Waals surface area contributed by atoms with E-state index in [2.05, 4.69) is 64.6 Å². The number of anilines is 1.